The summed E-state index contributed by atoms with van der Waals surface area (Å²) in [5.41, 5.74) is 8.13. The lowest BCUT2D eigenvalue weighted by Gasteiger charge is -1.92. The highest BCUT2D eigenvalue weighted by Crippen LogP contribution is 2.06. The van der Waals surface area contributed by atoms with Crippen LogP contribution in [0.3, 0.4) is 0 Å². The maximum atomic E-state index is 10.7. The number of H-pyrrole nitrogens is 4. The quantitative estimate of drug-likeness (QED) is 0.316. The fraction of sp³-hybridized carbons (Fsp3) is 0. The number of nitrogens with two attached hydrogens (primary N) is 2. The predicted octanol–water partition coefficient (Wildman–Crippen LogP) is -1.18. The lowest BCUT2D eigenvalue weighted by Crippen LogP contribution is -2.24. The molecule has 10 nitrogen and oxygen atoms in total. The van der Waals surface area contributed by atoms with Crippen molar-refractivity contribution < 1.29 is 0 Å². The molecule has 2 aromatic rings. The molecule has 0 saturated carbocycles. The standard InChI is InChI=1S/2C4H4BrN3O2/c2*5-1-2(6)7-4(10)8-3(1)9/h2*(H4,6,7,8,9,10). The third-order valence-electron chi connectivity index (χ3n) is 1.82. The Hall–Kier alpha value is -2.08. The average Bonchev–Trinajstić information content (AvgIpc) is 2.33. The first kappa shape index (κ1) is 16.0. The van der Waals surface area contributed by atoms with Crippen LogP contribution in [0.4, 0.5) is 11.6 Å². The van der Waals surface area contributed by atoms with E-state index in [0.29, 0.717) is 0 Å². The maximum absolute atomic E-state index is 10.7. The lowest BCUT2D eigenvalue weighted by atomic mass is 10.6. The van der Waals surface area contributed by atoms with Crippen molar-refractivity contribution in [3.63, 3.8) is 0 Å². The first-order valence-corrected chi connectivity index (χ1v) is 6.36. The molecule has 0 aliphatic heterocycles. The van der Waals surface area contributed by atoms with E-state index in [2.05, 4.69) is 41.8 Å². The van der Waals surface area contributed by atoms with Crippen molar-refractivity contribution in [1.82, 2.24) is 19.9 Å². The SMILES string of the molecule is Nc1[nH]c(=O)[nH]c(=O)c1Br.Nc1[nH]c(=O)[nH]c(=O)c1Br. The summed E-state index contributed by atoms with van der Waals surface area (Å²) in [6.07, 6.45) is 0. The van der Waals surface area contributed by atoms with Crippen LogP contribution in [0.2, 0.25) is 0 Å². The molecule has 0 aromatic carbocycles. The highest BCUT2D eigenvalue weighted by Gasteiger charge is 2.00. The first-order valence-electron chi connectivity index (χ1n) is 4.77. The van der Waals surface area contributed by atoms with E-state index in [-0.39, 0.29) is 20.6 Å². The molecule has 8 N–H and O–H groups in total. The van der Waals surface area contributed by atoms with Crippen LogP contribution in [-0.2, 0) is 0 Å². The van der Waals surface area contributed by atoms with Gasteiger partial charge in [-0.25, -0.2) is 9.59 Å². The molecule has 0 atom stereocenters. The zero-order valence-electron chi connectivity index (χ0n) is 9.54. The maximum Gasteiger partial charge on any atom is 0.327 e. The molecule has 2 rings (SSSR count). The predicted molar refractivity (Wildman–Crippen MR) is 79.6 cm³/mol. The molecule has 108 valence electrons. The van der Waals surface area contributed by atoms with Crippen LogP contribution in [0.25, 0.3) is 0 Å². The van der Waals surface area contributed by atoms with Gasteiger partial charge in [0.15, 0.2) is 0 Å². The van der Waals surface area contributed by atoms with Gasteiger partial charge in [0, 0.05) is 0 Å². The number of nitrogen functional groups attached to an aromatic ring is 2. The zero-order chi connectivity index (χ0) is 15.4. The second-order valence-electron chi connectivity index (χ2n) is 3.27. The molecule has 0 spiro atoms. The minimum absolute atomic E-state index is 0.0359. The molecular formula is C8H8Br2N6O4. The number of hydrogen-bond acceptors (Lipinski definition) is 6. The highest BCUT2D eigenvalue weighted by molar-refractivity contribution is 9.11. The molecule has 12 heteroatoms. The number of halogens is 2. The Bertz CT molecular complexity index is 776. The van der Waals surface area contributed by atoms with Gasteiger partial charge >= 0.3 is 11.4 Å². The van der Waals surface area contributed by atoms with Crippen LogP contribution in [0, 0.1) is 0 Å². The van der Waals surface area contributed by atoms with Gasteiger partial charge < -0.3 is 11.5 Å². The Morgan fingerprint density at radius 2 is 0.950 bits per heavy atom. The van der Waals surface area contributed by atoms with Crippen LogP contribution >= 0.6 is 31.9 Å². The lowest BCUT2D eigenvalue weighted by molar-refractivity contribution is 1.03. The number of hydrogen-bond donors (Lipinski definition) is 6. The van der Waals surface area contributed by atoms with Crippen LogP contribution in [-0.4, -0.2) is 19.9 Å². The van der Waals surface area contributed by atoms with Gasteiger partial charge in [0.25, 0.3) is 11.1 Å². The third kappa shape index (κ3) is 3.96. The van der Waals surface area contributed by atoms with Crippen LogP contribution in [0.1, 0.15) is 0 Å². The molecule has 0 aliphatic carbocycles. The first-order chi connectivity index (χ1) is 9.22. The zero-order valence-corrected chi connectivity index (χ0v) is 12.7. The van der Waals surface area contributed by atoms with Crippen molar-refractivity contribution in [1.29, 1.82) is 0 Å². The van der Waals surface area contributed by atoms with Gasteiger partial charge in [0.1, 0.15) is 20.6 Å². The molecule has 2 aromatic heterocycles. The molecule has 2 heterocycles. The van der Waals surface area contributed by atoms with Gasteiger partial charge in [-0.1, -0.05) is 0 Å². The van der Waals surface area contributed by atoms with Crippen LogP contribution in [0.5, 0.6) is 0 Å². The van der Waals surface area contributed by atoms with E-state index in [1.165, 1.54) is 0 Å². The van der Waals surface area contributed by atoms with Gasteiger partial charge in [-0.15, -0.1) is 0 Å². The highest BCUT2D eigenvalue weighted by atomic mass is 79.9. The summed E-state index contributed by atoms with van der Waals surface area (Å²) < 4.78 is 0.291. The summed E-state index contributed by atoms with van der Waals surface area (Å²) in [7, 11) is 0. The number of anilines is 2. The van der Waals surface area contributed by atoms with Crippen molar-refractivity contribution in [3.05, 3.63) is 50.6 Å². The van der Waals surface area contributed by atoms with E-state index < -0.39 is 22.5 Å². The summed E-state index contributed by atoms with van der Waals surface area (Å²) in [6, 6.07) is 0. The average molecular weight is 412 g/mol. The fourth-order valence-electron chi connectivity index (χ4n) is 0.977. The van der Waals surface area contributed by atoms with Gasteiger partial charge in [-0.2, -0.15) is 0 Å². The Morgan fingerprint density at radius 3 is 1.20 bits per heavy atom. The molecule has 0 unspecified atom stereocenters. The number of aromatic nitrogens is 4. The van der Waals surface area contributed by atoms with E-state index in [0.717, 1.165) is 0 Å². The molecule has 0 bridgehead atoms. The van der Waals surface area contributed by atoms with Crippen molar-refractivity contribution in [2.75, 3.05) is 11.5 Å². The van der Waals surface area contributed by atoms with Crippen molar-refractivity contribution >= 4 is 43.5 Å². The van der Waals surface area contributed by atoms with Gasteiger partial charge in [-0.3, -0.25) is 29.5 Å². The molecule has 0 saturated heterocycles. The van der Waals surface area contributed by atoms with E-state index in [4.69, 9.17) is 11.5 Å². The molecule has 0 amide bonds. The fourth-order valence-corrected chi connectivity index (χ4v) is 1.37. The normalized spacial score (nSPS) is 9.70. The van der Waals surface area contributed by atoms with Crippen molar-refractivity contribution in [2.45, 2.75) is 0 Å². The summed E-state index contributed by atoms with van der Waals surface area (Å²) in [5, 5.41) is 0. The summed E-state index contributed by atoms with van der Waals surface area (Å²) in [4.78, 5) is 50.6. The Balaban J connectivity index is 0.000000200. The molecular weight excluding hydrogens is 404 g/mol. The smallest absolute Gasteiger partial charge is 0.327 e. The number of rotatable bonds is 0. The van der Waals surface area contributed by atoms with E-state index in [9.17, 15) is 19.2 Å². The van der Waals surface area contributed by atoms with E-state index >= 15 is 0 Å². The molecule has 0 fully saturated rings. The van der Waals surface area contributed by atoms with Crippen LogP contribution in [0.15, 0.2) is 28.1 Å². The summed E-state index contributed by atoms with van der Waals surface area (Å²) in [6.45, 7) is 0. The summed E-state index contributed by atoms with van der Waals surface area (Å²) in [5.74, 6) is 0.0718. The summed E-state index contributed by atoms with van der Waals surface area (Å²) >= 11 is 5.75. The minimum Gasteiger partial charge on any atom is -0.384 e. The van der Waals surface area contributed by atoms with Gasteiger partial charge in [-0.05, 0) is 31.9 Å². The van der Waals surface area contributed by atoms with E-state index in [1.54, 1.807) is 0 Å². The van der Waals surface area contributed by atoms with Crippen LogP contribution < -0.4 is 34.0 Å². The second kappa shape index (κ2) is 6.38. The van der Waals surface area contributed by atoms with E-state index in [1.807, 2.05) is 9.97 Å². The third-order valence-corrected chi connectivity index (χ3v) is 3.40. The Labute approximate surface area is 125 Å². The topological polar surface area (TPSA) is 183 Å². The molecule has 0 aliphatic rings. The van der Waals surface area contributed by atoms with Gasteiger partial charge in [0.2, 0.25) is 0 Å². The second-order valence-corrected chi connectivity index (χ2v) is 4.86. The van der Waals surface area contributed by atoms with Crippen molar-refractivity contribution in [3.8, 4) is 0 Å². The monoisotopic (exact) mass is 410 g/mol. The van der Waals surface area contributed by atoms with Gasteiger partial charge in [0.05, 0.1) is 0 Å². The Morgan fingerprint density at radius 1 is 0.650 bits per heavy atom. The molecule has 20 heavy (non-hydrogen) atoms. The minimum atomic E-state index is -0.606. The van der Waals surface area contributed by atoms with Crippen molar-refractivity contribution in [2.24, 2.45) is 0 Å². The number of nitrogens with one attached hydrogen (secondary N) is 4. The largest absolute Gasteiger partial charge is 0.384 e. The number of aromatic amines is 4. The molecule has 0 radical (unpaired) electrons. The Kier molecular flexibility index (Phi) is 5.10.